The maximum atomic E-state index is 13.3. The van der Waals surface area contributed by atoms with Gasteiger partial charge in [-0.3, -0.25) is 9.69 Å². The van der Waals surface area contributed by atoms with E-state index >= 15 is 0 Å². The number of para-hydroxylation sites is 1. The second-order valence-corrected chi connectivity index (χ2v) is 10.0. The third-order valence-corrected chi connectivity index (χ3v) is 7.47. The number of anilines is 1. The maximum absolute atomic E-state index is 13.3. The minimum Gasteiger partial charge on any atom is -0.497 e. The van der Waals surface area contributed by atoms with Crippen molar-refractivity contribution in [3.05, 3.63) is 48.0 Å². The van der Waals surface area contributed by atoms with Gasteiger partial charge in [0.15, 0.2) is 5.13 Å². The highest BCUT2D eigenvalue weighted by Crippen LogP contribution is 2.34. The van der Waals surface area contributed by atoms with Crippen LogP contribution in [-0.4, -0.2) is 43.0 Å². The van der Waals surface area contributed by atoms with Gasteiger partial charge in [0.2, 0.25) is 5.91 Å². The Morgan fingerprint density at radius 2 is 2.10 bits per heavy atom. The summed E-state index contributed by atoms with van der Waals surface area (Å²) in [5, 5.41) is 0.763. The first-order valence-electron chi connectivity index (χ1n) is 10.6. The Morgan fingerprint density at radius 1 is 1.29 bits per heavy atom. The quantitative estimate of drug-likeness (QED) is 0.405. The molecule has 7 heteroatoms. The number of hydrogen-bond donors (Lipinski definition) is 0. The van der Waals surface area contributed by atoms with Crippen LogP contribution in [0.5, 0.6) is 5.75 Å². The summed E-state index contributed by atoms with van der Waals surface area (Å²) >= 11 is 3.12. The predicted octanol–water partition coefficient (Wildman–Crippen LogP) is 5.73. The van der Waals surface area contributed by atoms with E-state index < -0.39 is 0 Å². The van der Waals surface area contributed by atoms with E-state index in [2.05, 4.69) is 32.0 Å². The molecule has 1 aromatic heterocycles. The van der Waals surface area contributed by atoms with Gasteiger partial charge in [0.25, 0.3) is 0 Å². The van der Waals surface area contributed by atoms with Crippen LogP contribution in [0.2, 0.25) is 0 Å². The second-order valence-electron chi connectivity index (χ2n) is 7.95. The minimum atomic E-state index is 0.0569. The molecule has 1 atom stereocenters. The normalized spacial score (nSPS) is 16.2. The molecule has 0 bridgehead atoms. The third kappa shape index (κ3) is 5.22. The van der Waals surface area contributed by atoms with Crippen molar-refractivity contribution < 1.29 is 14.3 Å². The molecule has 1 fully saturated rings. The summed E-state index contributed by atoms with van der Waals surface area (Å²) in [7, 11) is 1.65. The Hall–Kier alpha value is -2.09. The average molecular weight is 457 g/mol. The van der Waals surface area contributed by atoms with Crippen LogP contribution in [0.3, 0.4) is 0 Å². The predicted molar refractivity (Wildman–Crippen MR) is 129 cm³/mol. The standard InChI is InChI=1S/C24H28N2O3S2/c1-16(2)20-7-4-8-21-23(20)25-24(31-21)26(14-18-6-5-13-29-18)22(27)15-30-19-11-9-17(28-3)10-12-19/h4,7-12,16,18H,5-6,13-15H2,1-3H3. The molecule has 1 amide bonds. The highest BCUT2D eigenvalue weighted by atomic mass is 32.2. The first-order chi connectivity index (χ1) is 15.0. The molecular weight excluding hydrogens is 428 g/mol. The number of aromatic nitrogens is 1. The molecular formula is C24H28N2O3S2. The smallest absolute Gasteiger partial charge is 0.239 e. The number of amides is 1. The average Bonchev–Trinajstić information content (AvgIpc) is 3.45. The molecule has 0 N–H and O–H groups in total. The van der Waals surface area contributed by atoms with Gasteiger partial charge in [-0.25, -0.2) is 4.98 Å². The van der Waals surface area contributed by atoms with Crippen LogP contribution in [0, 0.1) is 0 Å². The fourth-order valence-electron chi connectivity index (χ4n) is 3.71. The fraction of sp³-hybridized carbons (Fsp3) is 0.417. The first-order valence-corrected chi connectivity index (χ1v) is 12.4. The minimum absolute atomic E-state index is 0.0569. The van der Waals surface area contributed by atoms with Gasteiger partial charge in [0.05, 0.1) is 35.7 Å². The van der Waals surface area contributed by atoms with Gasteiger partial charge >= 0.3 is 0 Å². The highest BCUT2D eigenvalue weighted by molar-refractivity contribution is 8.00. The van der Waals surface area contributed by atoms with E-state index in [-0.39, 0.29) is 12.0 Å². The summed E-state index contributed by atoms with van der Waals surface area (Å²) in [6.07, 6.45) is 2.11. The lowest BCUT2D eigenvalue weighted by molar-refractivity contribution is -0.116. The monoisotopic (exact) mass is 456 g/mol. The maximum Gasteiger partial charge on any atom is 0.239 e. The number of carbonyl (C=O) groups is 1. The Labute approximate surface area is 191 Å². The largest absolute Gasteiger partial charge is 0.497 e. The summed E-state index contributed by atoms with van der Waals surface area (Å²) in [4.78, 5) is 21.1. The number of benzene rings is 2. The van der Waals surface area contributed by atoms with Crippen molar-refractivity contribution >= 4 is 44.4 Å². The van der Waals surface area contributed by atoms with Crippen molar-refractivity contribution in [1.82, 2.24) is 4.98 Å². The van der Waals surface area contributed by atoms with E-state index in [4.69, 9.17) is 14.5 Å². The van der Waals surface area contributed by atoms with Crippen LogP contribution in [0.15, 0.2) is 47.4 Å². The van der Waals surface area contributed by atoms with Gasteiger partial charge in [0.1, 0.15) is 5.75 Å². The van der Waals surface area contributed by atoms with E-state index in [9.17, 15) is 4.79 Å². The molecule has 2 heterocycles. The van der Waals surface area contributed by atoms with Crippen LogP contribution in [0.4, 0.5) is 5.13 Å². The van der Waals surface area contributed by atoms with E-state index in [0.717, 1.165) is 45.4 Å². The number of thiazole rings is 1. The Bertz CT molecular complexity index is 1030. The van der Waals surface area contributed by atoms with Crippen LogP contribution in [0.25, 0.3) is 10.2 Å². The van der Waals surface area contributed by atoms with Gasteiger partial charge in [-0.15, -0.1) is 11.8 Å². The van der Waals surface area contributed by atoms with Gasteiger partial charge in [-0.2, -0.15) is 0 Å². The van der Waals surface area contributed by atoms with Crippen molar-refractivity contribution in [2.75, 3.05) is 30.9 Å². The van der Waals surface area contributed by atoms with Crippen molar-refractivity contribution in [2.24, 2.45) is 0 Å². The van der Waals surface area contributed by atoms with Crippen LogP contribution in [-0.2, 0) is 9.53 Å². The summed E-state index contributed by atoms with van der Waals surface area (Å²) in [6.45, 7) is 5.67. The number of ether oxygens (including phenoxy) is 2. The van der Waals surface area contributed by atoms with E-state index in [1.165, 1.54) is 17.3 Å². The lowest BCUT2D eigenvalue weighted by Gasteiger charge is -2.23. The molecule has 3 aromatic rings. The molecule has 2 aromatic carbocycles. The zero-order valence-corrected chi connectivity index (χ0v) is 19.8. The third-order valence-electron chi connectivity index (χ3n) is 5.42. The summed E-state index contributed by atoms with van der Waals surface area (Å²) in [6, 6.07) is 14.1. The van der Waals surface area contributed by atoms with Crippen molar-refractivity contribution in [2.45, 2.75) is 43.6 Å². The fourth-order valence-corrected chi connectivity index (χ4v) is 5.51. The molecule has 0 aliphatic carbocycles. The molecule has 5 nitrogen and oxygen atoms in total. The van der Waals surface area contributed by atoms with Crippen molar-refractivity contribution in [1.29, 1.82) is 0 Å². The van der Waals surface area contributed by atoms with Gasteiger partial charge in [-0.05, 0) is 54.7 Å². The van der Waals surface area contributed by atoms with E-state index in [1.807, 2.05) is 29.2 Å². The zero-order valence-electron chi connectivity index (χ0n) is 18.2. The summed E-state index contributed by atoms with van der Waals surface area (Å²) < 4.78 is 12.2. The molecule has 1 saturated heterocycles. The lowest BCUT2D eigenvalue weighted by Crippen LogP contribution is -2.38. The van der Waals surface area contributed by atoms with Crippen LogP contribution >= 0.6 is 23.1 Å². The zero-order chi connectivity index (χ0) is 21.8. The molecule has 1 unspecified atom stereocenters. The summed E-state index contributed by atoms with van der Waals surface area (Å²) in [5.74, 6) is 1.60. The molecule has 164 valence electrons. The second kappa shape index (κ2) is 10.0. The molecule has 0 spiro atoms. The van der Waals surface area contributed by atoms with Crippen LogP contribution in [0.1, 0.15) is 38.2 Å². The highest BCUT2D eigenvalue weighted by Gasteiger charge is 2.26. The van der Waals surface area contributed by atoms with Gasteiger partial charge in [-0.1, -0.05) is 37.3 Å². The number of carbonyl (C=O) groups excluding carboxylic acids is 1. The molecule has 1 aliphatic rings. The molecule has 1 aliphatic heterocycles. The van der Waals surface area contributed by atoms with Crippen molar-refractivity contribution in [3.63, 3.8) is 0 Å². The number of hydrogen-bond acceptors (Lipinski definition) is 6. The molecule has 31 heavy (non-hydrogen) atoms. The van der Waals surface area contributed by atoms with E-state index in [0.29, 0.717) is 18.2 Å². The van der Waals surface area contributed by atoms with Crippen molar-refractivity contribution in [3.8, 4) is 5.75 Å². The number of rotatable bonds is 8. The topological polar surface area (TPSA) is 51.7 Å². The number of fused-ring (bicyclic) bond motifs is 1. The molecule has 4 rings (SSSR count). The number of thioether (sulfide) groups is 1. The van der Waals surface area contributed by atoms with Gasteiger partial charge in [0, 0.05) is 11.5 Å². The Balaban J connectivity index is 1.56. The molecule has 0 saturated carbocycles. The Morgan fingerprint density at radius 3 is 2.77 bits per heavy atom. The SMILES string of the molecule is COc1ccc(SCC(=O)N(CC2CCCO2)c2nc3c(C(C)C)cccc3s2)cc1. The number of nitrogens with zero attached hydrogens (tertiary/aromatic N) is 2. The molecule has 0 radical (unpaired) electrons. The summed E-state index contributed by atoms with van der Waals surface area (Å²) in [5.41, 5.74) is 2.22. The van der Waals surface area contributed by atoms with Crippen LogP contribution < -0.4 is 9.64 Å². The van der Waals surface area contributed by atoms with E-state index in [1.54, 1.807) is 18.4 Å². The lowest BCUT2D eigenvalue weighted by atomic mass is 10.0. The number of methoxy groups -OCH3 is 1. The van der Waals surface area contributed by atoms with Gasteiger partial charge < -0.3 is 9.47 Å². The Kier molecular flexibility index (Phi) is 7.15. The first kappa shape index (κ1) is 22.1.